The number of carbonyl (C=O) groups is 1. The fourth-order valence-electron chi connectivity index (χ4n) is 3.12. The van der Waals surface area contributed by atoms with Crippen molar-refractivity contribution in [3.63, 3.8) is 0 Å². The van der Waals surface area contributed by atoms with E-state index >= 15 is 0 Å². The molecule has 132 valence electrons. The molecule has 1 amide bonds. The van der Waals surface area contributed by atoms with Crippen LogP contribution < -0.4 is 0 Å². The van der Waals surface area contributed by atoms with Crippen LogP contribution in [0.25, 0.3) is 5.69 Å². The minimum Gasteiger partial charge on any atom is -0.337 e. The van der Waals surface area contributed by atoms with Crippen LogP contribution in [-0.4, -0.2) is 32.7 Å². The first-order valence-electron chi connectivity index (χ1n) is 8.47. The number of aromatic nitrogens is 2. The summed E-state index contributed by atoms with van der Waals surface area (Å²) in [5.74, 6) is 0.560. The first kappa shape index (κ1) is 17.4. The van der Waals surface area contributed by atoms with E-state index in [9.17, 15) is 4.79 Å². The van der Waals surface area contributed by atoms with Crippen molar-refractivity contribution >= 4 is 33.6 Å². The van der Waals surface area contributed by atoms with E-state index in [0.29, 0.717) is 12.3 Å². The maximum atomic E-state index is 12.7. The van der Waals surface area contributed by atoms with Gasteiger partial charge in [-0.2, -0.15) is 0 Å². The summed E-state index contributed by atoms with van der Waals surface area (Å²) in [4.78, 5) is 19.0. The molecule has 4 rings (SSSR count). The van der Waals surface area contributed by atoms with E-state index in [1.807, 2.05) is 46.0 Å². The second-order valence-electron chi connectivity index (χ2n) is 6.18. The normalized spacial score (nSPS) is 13.5. The van der Waals surface area contributed by atoms with Crippen molar-refractivity contribution in [2.24, 2.45) is 0 Å². The highest BCUT2D eigenvalue weighted by molar-refractivity contribution is 9.10. The molecule has 2 heterocycles. The number of hydrogen-bond acceptors (Lipinski definition) is 3. The smallest absolute Gasteiger partial charge is 0.233 e. The average molecular weight is 428 g/mol. The van der Waals surface area contributed by atoms with Gasteiger partial charge in [-0.1, -0.05) is 52.0 Å². The maximum Gasteiger partial charge on any atom is 0.233 e. The number of hydrogen-bond donors (Lipinski definition) is 0. The number of fused-ring (bicyclic) bond motifs is 1. The zero-order chi connectivity index (χ0) is 17.9. The lowest BCUT2D eigenvalue weighted by Crippen LogP contribution is -2.37. The van der Waals surface area contributed by atoms with Gasteiger partial charge >= 0.3 is 0 Å². The number of thioether (sulfide) groups is 1. The van der Waals surface area contributed by atoms with Crippen LogP contribution in [0.15, 0.2) is 70.6 Å². The molecule has 2 aromatic carbocycles. The van der Waals surface area contributed by atoms with Gasteiger partial charge < -0.3 is 4.90 Å². The minimum atomic E-state index is 0.162. The van der Waals surface area contributed by atoms with E-state index in [1.54, 1.807) is 6.20 Å². The van der Waals surface area contributed by atoms with E-state index in [-0.39, 0.29) is 5.91 Å². The molecule has 0 fully saturated rings. The summed E-state index contributed by atoms with van der Waals surface area (Å²) >= 11 is 4.94. The predicted octanol–water partition coefficient (Wildman–Crippen LogP) is 4.31. The molecular formula is C20H18BrN3OS. The Morgan fingerprint density at radius 3 is 2.69 bits per heavy atom. The Morgan fingerprint density at radius 2 is 1.88 bits per heavy atom. The first-order chi connectivity index (χ1) is 12.7. The van der Waals surface area contributed by atoms with Crippen LogP contribution in [0.4, 0.5) is 0 Å². The highest BCUT2D eigenvalue weighted by atomic mass is 79.9. The van der Waals surface area contributed by atoms with Crippen molar-refractivity contribution in [1.82, 2.24) is 14.5 Å². The van der Waals surface area contributed by atoms with Gasteiger partial charge in [0.05, 0.1) is 5.75 Å². The van der Waals surface area contributed by atoms with Crippen LogP contribution in [0.5, 0.6) is 0 Å². The quantitative estimate of drug-likeness (QED) is 0.582. The number of nitrogens with zero attached hydrogens (tertiary/aromatic N) is 3. The number of imidazole rings is 1. The summed E-state index contributed by atoms with van der Waals surface area (Å²) in [6, 6.07) is 16.4. The second kappa shape index (κ2) is 7.68. The third-order valence-corrected chi connectivity index (χ3v) is 6.00. The molecule has 1 aromatic heterocycles. The molecule has 0 atom stereocenters. The molecule has 4 nitrogen and oxygen atoms in total. The molecule has 0 spiro atoms. The fraction of sp³-hybridized carbons (Fsp3) is 0.200. The van der Waals surface area contributed by atoms with E-state index < -0.39 is 0 Å². The average Bonchev–Trinajstić information content (AvgIpc) is 3.15. The Bertz CT molecular complexity index is 923. The Labute approximate surface area is 165 Å². The minimum absolute atomic E-state index is 0.162. The molecule has 0 N–H and O–H groups in total. The van der Waals surface area contributed by atoms with Gasteiger partial charge in [-0.05, 0) is 41.8 Å². The zero-order valence-corrected chi connectivity index (χ0v) is 16.5. The summed E-state index contributed by atoms with van der Waals surface area (Å²) in [5.41, 5.74) is 3.65. The monoisotopic (exact) mass is 427 g/mol. The third kappa shape index (κ3) is 3.71. The van der Waals surface area contributed by atoms with E-state index in [4.69, 9.17) is 0 Å². The lowest BCUT2D eigenvalue weighted by atomic mass is 10.00. The Balaban J connectivity index is 1.41. The van der Waals surface area contributed by atoms with Gasteiger partial charge in [-0.25, -0.2) is 4.98 Å². The van der Waals surface area contributed by atoms with Crippen LogP contribution in [0.3, 0.4) is 0 Å². The van der Waals surface area contributed by atoms with Crippen LogP contribution in [-0.2, 0) is 17.8 Å². The molecular weight excluding hydrogens is 410 g/mol. The van der Waals surface area contributed by atoms with Gasteiger partial charge in [0.25, 0.3) is 0 Å². The summed E-state index contributed by atoms with van der Waals surface area (Å²) in [7, 11) is 0. The van der Waals surface area contributed by atoms with Crippen molar-refractivity contribution in [2.75, 3.05) is 12.3 Å². The summed E-state index contributed by atoms with van der Waals surface area (Å²) in [5, 5.41) is 0.832. The molecule has 26 heavy (non-hydrogen) atoms. The summed E-state index contributed by atoms with van der Waals surface area (Å²) in [6.07, 6.45) is 4.62. The van der Waals surface area contributed by atoms with Gasteiger partial charge in [0.2, 0.25) is 5.91 Å². The fourth-order valence-corrected chi connectivity index (χ4v) is 4.26. The number of halogens is 1. The number of carbonyl (C=O) groups excluding carboxylic acids is 1. The van der Waals surface area contributed by atoms with Crippen LogP contribution in [0.2, 0.25) is 0 Å². The van der Waals surface area contributed by atoms with Crippen molar-refractivity contribution in [3.05, 3.63) is 76.5 Å². The van der Waals surface area contributed by atoms with E-state index in [0.717, 1.165) is 28.3 Å². The number of benzene rings is 2. The molecule has 0 saturated heterocycles. The molecule has 0 radical (unpaired) electrons. The van der Waals surface area contributed by atoms with Crippen molar-refractivity contribution < 1.29 is 4.79 Å². The van der Waals surface area contributed by atoms with E-state index in [1.165, 1.54) is 22.9 Å². The predicted molar refractivity (Wildman–Crippen MR) is 108 cm³/mol. The van der Waals surface area contributed by atoms with Gasteiger partial charge in [-0.15, -0.1) is 0 Å². The molecule has 0 bridgehead atoms. The maximum absolute atomic E-state index is 12.7. The van der Waals surface area contributed by atoms with Crippen molar-refractivity contribution in [1.29, 1.82) is 0 Å². The second-order valence-corrected chi connectivity index (χ2v) is 8.04. The standard InChI is InChI=1S/C20H18BrN3OS/c21-17-5-7-18(8-6-17)24-12-10-22-20(24)26-14-19(25)23-11-9-15-3-1-2-4-16(15)13-23/h1-8,10,12H,9,11,13-14H2. The SMILES string of the molecule is O=C(CSc1nccn1-c1ccc(Br)cc1)N1CCc2ccccc2C1. The van der Waals surface area contributed by atoms with Crippen LogP contribution in [0.1, 0.15) is 11.1 Å². The summed E-state index contributed by atoms with van der Waals surface area (Å²) in [6.45, 7) is 1.49. The van der Waals surface area contributed by atoms with E-state index in [2.05, 4.69) is 39.1 Å². The number of amides is 1. The lowest BCUT2D eigenvalue weighted by molar-refractivity contribution is -0.129. The molecule has 0 aliphatic carbocycles. The van der Waals surface area contributed by atoms with Gasteiger partial charge in [0, 0.05) is 35.6 Å². The lowest BCUT2D eigenvalue weighted by Gasteiger charge is -2.28. The Kier molecular flexibility index (Phi) is 5.13. The third-order valence-electron chi connectivity index (χ3n) is 4.52. The molecule has 1 aliphatic heterocycles. The largest absolute Gasteiger partial charge is 0.337 e. The molecule has 6 heteroatoms. The molecule has 1 aliphatic rings. The highest BCUT2D eigenvalue weighted by Crippen LogP contribution is 2.24. The van der Waals surface area contributed by atoms with Crippen molar-refractivity contribution in [2.45, 2.75) is 18.1 Å². The Morgan fingerprint density at radius 1 is 1.12 bits per heavy atom. The van der Waals surface area contributed by atoms with Crippen LogP contribution >= 0.6 is 27.7 Å². The topological polar surface area (TPSA) is 38.1 Å². The molecule has 0 unspecified atom stereocenters. The number of rotatable bonds is 4. The molecule has 0 saturated carbocycles. The van der Waals surface area contributed by atoms with Gasteiger partial charge in [-0.3, -0.25) is 9.36 Å². The molecule has 3 aromatic rings. The van der Waals surface area contributed by atoms with Gasteiger partial charge in [0.15, 0.2) is 5.16 Å². The zero-order valence-electron chi connectivity index (χ0n) is 14.1. The highest BCUT2D eigenvalue weighted by Gasteiger charge is 2.21. The van der Waals surface area contributed by atoms with Crippen LogP contribution in [0, 0.1) is 0 Å². The first-order valence-corrected chi connectivity index (χ1v) is 10.3. The Hall–Kier alpha value is -2.05. The van der Waals surface area contributed by atoms with Crippen molar-refractivity contribution in [3.8, 4) is 5.69 Å². The van der Waals surface area contributed by atoms with Gasteiger partial charge in [0.1, 0.15) is 0 Å². The summed E-state index contributed by atoms with van der Waals surface area (Å²) < 4.78 is 3.05.